The molecule has 3 aliphatic rings. The van der Waals surface area contributed by atoms with Gasteiger partial charge in [0.2, 0.25) is 12.7 Å². The van der Waals surface area contributed by atoms with Crippen molar-refractivity contribution in [2.24, 2.45) is 5.92 Å². The summed E-state index contributed by atoms with van der Waals surface area (Å²) in [5.41, 5.74) is 2.35. The minimum atomic E-state index is 0.178. The lowest BCUT2D eigenvalue weighted by molar-refractivity contribution is -0.133. The Morgan fingerprint density at radius 1 is 1.03 bits per heavy atom. The van der Waals surface area contributed by atoms with Gasteiger partial charge in [0.1, 0.15) is 5.75 Å². The van der Waals surface area contributed by atoms with E-state index in [2.05, 4.69) is 4.90 Å². The predicted octanol–water partition coefficient (Wildman–Crippen LogP) is 3.11. The molecule has 1 fully saturated rings. The van der Waals surface area contributed by atoms with Gasteiger partial charge < -0.3 is 28.6 Å². The van der Waals surface area contributed by atoms with Gasteiger partial charge in [-0.1, -0.05) is 0 Å². The van der Waals surface area contributed by atoms with Gasteiger partial charge in [0, 0.05) is 31.6 Å². The van der Waals surface area contributed by atoms with Crippen LogP contribution in [-0.2, 0) is 17.8 Å². The van der Waals surface area contributed by atoms with E-state index in [1.54, 1.807) is 14.2 Å². The predicted molar refractivity (Wildman–Crippen MR) is 126 cm³/mol. The van der Waals surface area contributed by atoms with Crippen LogP contribution in [0, 0.1) is 5.92 Å². The van der Waals surface area contributed by atoms with Crippen LogP contribution < -0.4 is 23.7 Å². The van der Waals surface area contributed by atoms with Crippen LogP contribution in [0.5, 0.6) is 28.7 Å². The van der Waals surface area contributed by atoms with Gasteiger partial charge >= 0.3 is 0 Å². The van der Waals surface area contributed by atoms with E-state index in [4.69, 9.17) is 23.7 Å². The van der Waals surface area contributed by atoms with E-state index in [-0.39, 0.29) is 12.7 Å². The zero-order valence-corrected chi connectivity index (χ0v) is 19.9. The summed E-state index contributed by atoms with van der Waals surface area (Å²) >= 11 is 0. The Kier molecular flexibility index (Phi) is 6.67. The van der Waals surface area contributed by atoms with Crippen LogP contribution >= 0.6 is 0 Å². The first kappa shape index (κ1) is 22.7. The van der Waals surface area contributed by atoms with Gasteiger partial charge in [0.15, 0.2) is 23.0 Å². The third-order valence-electron chi connectivity index (χ3n) is 6.86. The minimum Gasteiger partial charge on any atom is -0.493 e. The molecule has 0 aromatic heterocycles. The highest BCUT2D eigenvalue weighted by molar-refractivity contribution is 5.78. The maximum absolute atomic E-state index is 13.1. The van der Waals surface area contributed by atoms with E-state index >= 15 is 0 Å². The van der Waals surface area contributed by atoms with Gasteiger partial charge in [0.05, 0.1) is 27.4 Å². The smallest absolute Gasteiger partial charge is 0.237 e. The van der Waals surface area contributed by atoms with E-state index in [0.29, 0.717) is 31.4 Å². The van der Waals surface area contributed by atoms with Crippen molar-refractivity contribution in [3.05, 3.63) is 41.5 Å². The molecule has 0 N–H and O–H groups in total. The lowest BCUT2D eigenvalue weighted by atomic mass is 9.98. The van der Waals surface area contributed by atoms with Crippen molar-refractivity contribution in [1.82, 2.24) is 9.80 Å². The minimum absolute atomic E-state index is 0.178. The number of carbonyl (C=O) groups is 1. The number of carbonyl (C=O) groups excluding carboxylic acids is 1. The second-order valence-corrected chi connectivity index (χ2v) is 9.11. The molecule has 5 rings (SSSR count). The third-order valence-corrected chi connectivity index (χ3v) is 6.86. The zero-order chi connectivity index (χ0) is 23.5. The van der Waals surface area contributed by atoms with Crippen molar-refractivity contribution < 1.29 is 28.5 Å². The molecule has 0 saturated carbocycles. The van der Waals surface area contributed by atoms with Crippen LogP contribution in [0.15, 0.2) is 30.3 Å². The SMILES string of the molecule is COc1cc2c(cc1OC)CN(C(=O)CN1CCCC(COc3ccc4c(c3)OCO4)C1)CC2. The van der Waals surface area contributed by atoms with Crippen LogP contribution in [0.2, 0.25) is 0 Å². The molecule has 1 unspecified atom stereocenters. The number of benzene rings is 2. The number of rotatable bonds is 7. The molecule has 1 amide bonds. The molecule has 0 spiro atoms. The Morgan fingerprint density at radius 2 is 1.82 bits per heavy atom. The molecular formula is C26H32N2O6. The molecular weight excluding hydrogens is 436 g/mol. The van der Waals surface area contributed by atoms with Crippen molar-refractivity contribution in [1.29, 1.82) is 0 Å². The van der Waals surface area contributed by atoms with E-state index in [1.807, 2.05) is 35.2 Å². The van der Waals surface area contributed by atoms with Gasteiger partial charge in [-0.25, -0.2) is 0 Å². The second-order valence-electron chi connectivity index (χ2n) is 9.11. The lowest BCUT2D eigenvalue weighted by Crippen LogP contribution is -2.46. The summed E-state index contributed by atoms with van der Waals surface area (Å²) < 4.78 is 27.7. The number of ether oxygens (including phenoxy) is 5. The Hall–Kier alpha value is -3.13. The third kappa shape index (κ3) is 4.87. The van der Waals surface area contributed by atoms with Crippen LogP contribution in [0.4, 0.5) is 0 Å². The van der Waals surface area contributed by atoms with E-state index in [0.717, 1.165) is 67.5 Å². The summed E-state index contributed by atoms with van der Waals surface area (Å²) in [6.07, 6.45) is 3.00. The first-order valence-electron chi connectivity index (χ1n) is 11.9. The summed E-state index contributed by atoms with van der Waals surface area (Å²) in [7, 11) is 3.29. The van der Waals surface area contributed by atoms with Gasteiger partial charge in [-0.2, -0.15) is 0 Å². The Bertz CT molecular complexity index is 1040. The molecule has 34 heavy (non-hydrogen) atoms. The molecule has 3 aliphatic heterocycles. The number of fused-ring (bicyclic) bond motifs is 2. The van der Waals surface area contributed by atoms with Crippen LogP contribution in [-0.4, -0.2) is 69.5 Å². The summed E-state index contributed by atoms with van der Waals surface area (Å²) in [5, 5.41) is 0. The number of piperidine rings is 1. The maximum Gasteiger partial charge on any atom is 0.237 e. The highest BCUT2D eigenvalue weighted by Gasteiger charge is 2.27. The van der Waals surface area contributed by atoms with Crippen molar-refractivity contribution >= 4 is 5.91 Å². The van der Waals surface area contributed by atoms with Crippen molar-refractivity contribution in [3.8, 4) is 28.7 Å². The summed E-state index contributed by atoms with van der Waals surface area (Å²) in [6, 6.07) is 9.71. The fourth-order valence-corrected chi connectivity index (χ4v) is 5.00. The van der Waals surface area contributed by atoms with E-state index in [9.17, 15) is 4.79 Å². The topological polar surface area (TPSA) is 69.7 Å². The van der Waals surface area contributed by atoms with E-state index < -0.39 is 0 Å². The Balaban J connectivity index is 1.14. The summed E-state index contributed by atoms with van der Waals surface area (Å²) in [5.74, 6) is 4.29. The first-order chi connectivity index (χ1) is 16.6. The van der Waals surface area contributed by atoms with E-state index in [1.165, 1.54) is 5.56 Å². The molecule has 3 heterocycles. The van der Waals surface area contributed by atoms with Gasteiger partial charge in [-0.05, 0) is 61.2 Å². The highest BCUT2D eigenvalue weighted by atomic mass is 16.7. The summed E-state index contributed by atoms with van der Waals surface area (Å²) in [6.45, 7) is 4.49. The molecule has 182 valence electrons. The van der Waals surface area contributed by atoms with Crippen LogP contribution in [0.25, 0.3) is 0 Å². The molecule has 2 aromatic rings. The van der Waals surface area contributed by atoms with Crippen LogP contribution in [0.3, 0.4) is 0 Å². The van der Waals surface area contributed by atoms with Crippen LogP contribution in [0.1, 0.15) is 24.0 Å². The normalized spacial score (nSPS) is 19.5. The fourth-order valence-electron chi connectivity index (χ4n) is 5.00. The monoisotopic (exact) mass is 468 g/mol. The second kappa shape index (κ2) is 10.0. The maximum atomic E-state index is 13.1. The standard InChI is InChI=1S/C26H32N2O6/c1-30-23-10-19-7-9-28(14-20(19)11-24(23)31-2)26(29)15-27-8-3-4-18(13-27)16-32-21-5-6-22-25(12-21)34-17-33-22/h5-6,10-12,18H,3-4,7-9,13-17H2,1-2H3. The molecule has 0 aliphatic carbocycles. The lowest BCUT2D eigenvalue weighted by Gasteiger charge is -2.35. The molecule has 8 heteroatoms. The molecule has 1 atom stereocenters. The quantitative estimate of drug-likeness (QED) is 0.619. The average Bonchev–Trinajstić information content (AvgIpc) is 3.34. The number of amides is 1. The number of hydrogen-bond acceptors (Lipinski definition) is 7. The summed E-state index contributed by atoms with van der Waals surface area (Å²) in [4.78, 5) is 17.3. The molecule has 1 saturated heterocycles. The molecule has 2 aromatic carbocycles. The molecule has 0 bridgehead atoms. The van der Waals surface area contributed by atoms with Gasteiger partial charge in [0.25, 0.3) is 0 Å². The Morgan fingerprint density at radius 3 is 2.65 bits per heavy atom. The van der Waals surface area contributed by atoms with Crippen molar-refractivity contribution in [2.75, 3.05) is 53.8 Å². The number of nitrogens with zero attached hydrogens (tertiary/aromatic N) is 2. The van der Waals surface area contributed by atoms with Gasteiger partial charge in [-0.3, -0.25) is 9.69 Å². The largest absolute Gasteiger partial charge is 0.493 e. The van der Waals surface area contributed by atoms with Crippen molar-refractivity contribution in [3.63, 3.8) is 0 Å². The van der Waals surface area contributed by atoms with Crippen molar-refractivity contribution in [2.45, 2.75) is 25.8 Å². The number of likely N-dealkylation sites (tertiary alicyclic amines) is 1. The van der Waals surface area contributed by atoms with Gasteiger partial charge in [-0.15, -0.1) is 0 Å². The zero-order valence-electron chi connectivity index (χ0n) is 19.9. The average molecular weight is 469 g/mol. The number of methoxy groups -OCH3 is 2. The molecule has 8 nitrogen and oxygen atoms in total. The molecule has 0 radical (unpaired) electrons. The number of hydrogen-bond donors (Lipinski definition) is 0. The first-order valence-corrected chi connectivity index (χ1v) is 11.9. The Labute approximate surface area is 200 Å². The highest BCUT2D eigenvalue weighted by Crippen LogP contribution is 2.36. The fraction of sp³-hybridized carbons (Fsp3) is 0.500.